The van der Waals surface area contributed by atoms with E-state index in [2.05, 4.69) is 29.6 Å². The maximum absolute atomic E-state index is 12.9. The Bertz CT molecular complexity index is 677. The Hall–Kier alpha value is -2.29. The zero-order chi connectivity index (χ0) is 17.5. The summed E-state index contributed by atoms with van der Waals surface area (Å²) in [7, 11) is 1.61. The molecular formula is C22H27NO2. The van der Waals surface area contributed by atoms with Gasteiger partial charge in [-0.25, -0.2) is 0 Å². The number of methoxy groups -OCH3 is 1. The molecule has 0 bridgehead atoms. The molecule has 2 aromatic rings. The van der Waals surface area contributed by atoms with Gasteiger partial charge in [-0.1, -0.05) is 61.7 Å². The van der Waals surface area contributed by atoms with Crippen LogP contribution in [0.25, 0.3) is 0 Å². The van der Waals surface area contributed by atoms with Crippen LogP contribution in [0.4, 0.5) is 0 Å². The van der Waals surface area contributed by atoms with Crippen molar-refractivity contribution in [2.24, 2.45) is 5.92 Å². The van der Waals surface area contributed by atoms with E-state index in [-0.39, 0.29) is 11.9 Å². The van der Waals surface area contributed by atoms with Crippen molar-refractivity contribution in [3.8, 4) is 5.75 Å². The molecular weight excluding hydrogens is 310 g/mol. The summed E-state index contributed by atoms with van der Waals surface area (Å²) in [5.74, 6) is 1.14. The molecule has 1 atom stereocenters. The number of hydrogen-bond donors (Lipinski definition) is 1. The number of nitrogens with one attached hydrogen (secondary N) is 1. The fraction of sp³-hybridized carbons (Fsp3) is 0.409. The average Bonchev–Trinajstić information content (AvgIpc) is 2.69. The second-order valence-electron chi connectivity index (χ2n) is 6.87. The highest BCUT2D eigenvalue weighted by molar-refractivity contribution is 5.97. The van der Waals surface area contributed by atoms with Gasteiger partial charge in [-0.05, 0) is 42.9 Å². The van der Waals surface area contributed by atoms with E-state index in [4.69, 9.17) is 4.74 Å². The summed E-state index contributed by atoms with van der Waals surface area (Å²) < 4.78 is 5.35. The Morgan fingerprint density at radius 2 is 1.72 bits per heavy atom. The van der Waals surface area contributed by atoms with Crippen LogP contribution < -0.4 is 10.1 Å². The standard InChI is InChI=1S/C22H27NO2/c1-25-21-15-9-8-14-19(21)22(24)23-20(18-12-6-3-7-13-18)16-17-10-4-2-5-11-17/h2,4-5,8-11,14-15,18,20H,3,6-7,12-13,16H2,1H3,(H,23,24). The molecule has 1 fully saturated rings. The van der Waals surface area contributed by atoms with Crippen LogP contribution in [-0.4, -0.2) is 19.1 Å². The van der Waals surface area contributed by atoms with Crippen molar-refractivity contribution < 1.29 is 9.53 Å². The predicted octanol–water partition coefficient (Wildman–Crippen LogP) is 4.62. The zero-order valence-electron chi connectivity index (χ0n) is 14.9. The molecule has 1 aliphatic carbocycles. The van der Waals surface area contributed by atoms with E-state index in [0.717, 1.165) is 6.42 Å². The van der Waals surface area contributed by atoms with Gasteiger partial charge in [0.2, 0.25) is 0 Å². The van der Waals surface area contributed by atoms with Crippen LogP contribution in [0.5, 0.6) is 5.75 Å². The first-order chi connectivity index (χ1) is 12.3. The van der Waals surface area contributed by atoms with Gasteiger partial charge in [-0.3, -0.25) is 4.79 Å². The van der Waals surface area contributed by atoms with Gasteiger partial charge < -0.3 is 10.1 Å². The highest BCUT2D eigenvalue weighted by atomic mass is 16.5. The Balaban J connectivity index is 1.77. The third-order valence-electron chi connectivity index (χ3n) is 5.19. The maximum atomic E-state index is 12.9. The zero-order valence-corrected chi connectivity index (χ0v) is 14.9. The van der Waals surface area contributed by atoms with Gasteiger partial charge in [0.25, 0.3) is 5.91 Å². The molecule has 1 aliphatic rings. The molecule has 0 spiro atoms. The Labute approximate surface area is 150 Å². The lowest BCUT2D eigenvalue weighted by atomic mass is 9.81. The Morgan fingerprint density at radius 1 is 1.04 bits per heavy atom. The highest BCUT2D eigenvalue weighted by Crippen LogP contribution is 2.28. The van der Waals surface area contributed by atoms with E-state index >= 15 is 0 Å². The molecule has 132 valence electrons. The first-order valence-corrected chi connectivity index (χ1v) is 9.25. The molecule has 25 heavy (non-hydrogen) atoms. The molecule has 0 heterocycles. The minimum atomic E-state index is -0.0380. The lowest BCUT2D eigenvalue weighted by Gasteiger charge is -2.31. The smallest absolute Gasteiger partial charge is 0.255 e. The number of benzene rings is 2. The molecule has 3 heteroatoms. The van der Waals surface area contributed by atoms with Crippen LogP contribution in [0.2, 0.25) is 0 Å². The predicted molar refractivity (Wildman–Crippen MR) is 101 cm³/mol. The molecule has 0 aromatic heterocycles. The number of para-hydroxylation sites is 1. The van der Waals surface area contributed by atoms with Gasteiger partial charge in [0, 0.05) is 6.04 Å². The lowest BCUT2D eigenvalue weighted by molar-refractivity contribution is 0.0910. The van der Waals surface area contributed by atoms with Crippen molar-refractivity contribution in [2.45, 2.75) is 44.6 Å². The third-order valence-corrected chi connectivity index (χ3v) is 5.19. The topological polar surface area (TPSA) is 38.3 Å². The normalized spacial score (nSPS) is 16.2. The Morgan fingerprint density at radius 3 is 2.44 bits per heavy atom. The van der Waals surface area contributed by atoms with Crippen LogP contribution in [0.1, 0.15) is 48.0 Å². The van der Waals surface area contributed by atoms with Crippen molar-refractivity contribution in [3.05, 3.63) is 65.7 Å². The largest absolute Gasteiger partial charge is 0.496 e. The number of carbonyl (C=O) groups is 1. The van der Waals surface area contributed by atoms with Crippen molar-refractivity contribution in [1.82, 2.24) is 5.32 Å². The maximum Gasteiger partial charge on any atom is 0.255 e. The minimum absolute atomic E-state index is 0.0380. The van der Waals surface area contributed by atoms with Crippen LogP contribution >= 0.6 is 0 Å². The molecule has 0 aliphatic heterocycles. The van der Waals surface area contributed by atoms with Gasteiger partial charge in [0.05, 0.1) is 12.7 Å². The fourth-order valence-electron chi connectivity index (χ4n) is 3.82. The van der Waals surface area contributed by atoms with E-state index in [9.17, 15) is 4.79 Å². The minimum Gasteiger partial charge on any atom is -0.496 e. The van der Waals surface area contributed by atoms with Gasteiger partial charge >= 0.3 is 0 Å². The van der Waals surface area contributed by atoms with Gasteiger partial charge in [-0.2, -0.15) is 0 Å². The Kier molecular flexibility index (Phi) is 6.10. The fourth-order valence-corrected chi connectivity index (χ4v) is 3.82. The summed E-state index contributed by atoms with van der Waals surface area (Å²) in [5, 5.41) is 3.31. The van der Waals surface area contributed by atoms with Crippen LogP contribution in [0.3, 0.4) is 0 Å². The second kappa shape index (κ2) is 8.70. The van der Waals surface area contributed by atoms with Crippen molar-refractivity contribution in [3.63, 3.8) is 0 Å². The molecule has 3 nitrogen and oxygen atoms in total. The number of amides is 1. The SMILES string of the molecule is COc1ccccc1C(=O)NC(Cc1ccccc1)C1CCCCC1. The van der Waals surface area contributed by atoms with E-state index in [1.807, 2.05) is 30.3 Å². The quantitative estimate of drug-likeness (QED) is 0.835. The number of carbonyl (C=O) groups excluding carboxylic acids is 1. The molecule has 3 rings (SSSR count). The summed E-state index contributed by atoms with van der Waals surface area (Å²) in [4.78, 5) is 12.9. The van der Waals surface area contributed by atoms with Crippen LogP contribution in [0.15, 0.2) is 54.6 Å². The number of hydrogen-bond acceptors (Lipinski definition) is 2. The molecule has 1 saturated carbocycles. The van der Waals surface area contributed by atoms with Crippen molar-refractivity contribution in [2.75, 3.05) is 7.11 Å². The first kappa shape index (κ1) is 17.5. The summed E-state index contributed by atoms with van der Waals surface area (Å²) in [6, 6.07) is 18.0. The van der Waals surface area contributed by atoms with Crippen molar-refractivity contribution >= 4 is 5.91 Å². The second-order valence-corrected chi connectivity index (χ2v) is 6.87. The van der Waals surface area contributed by atoms with Gasteiger partial charge in [0.1, 0.15) is 5.75 Å². The van der Waals surface area contributed by atoms with E-state index in [1.165, 1.54) is 37.7 Å². The number of rotatable bonds is 6. The monoisotopic (exact) mass is 337 g/mol. The van der Waals surface area contributed by atoms with E-state index < -0.39 is 0 Å². The van der Waals surface area contributed by atoms with Crippen LogP contribution in [0, 0.1) is 5.92 Å². The first-order valence-electron chi connectivity index (χ1n) is 9.25. The molecule has 2 aromatic carbocycles. The molecule has 1 amide bonds. The summed E-state index contributed by atoms with van der Waals surface area (Å²) in [6.45, 7) is 0. The molecule has 0 saturated heterocycles. The van der Waals surface area contributed by atoms with Crippen molar-refractivity contribution in [1.29, 1.82) is 0 Å². The molecule has 0 radical (unpaired) electrons. The van der Waals surface area contributed by atoms with Gasteiger partial charge in [-0.15, -0.1) is 0 Å². The average molecular weight is 337 g/mol. The number of ether oxygens (including phenoxy) is 1. The van der Waals surface area contributed by atoms with Gasteiger partial charge in [0.15, 0.2) is 0 Å². The van der Waals surface area contributed by atoms with Crippen LogP contribution in [-0.2, 0) is 6.42 Å². The molecule has 1 unspecified atom stereocenters. The highest BCUT2D eigenvalue weighted by Gasteiger charge is 2.26. The lowest BCUT2D eigenvalue weighted by Crippen LogP contribution is -2.42. The van der Waals surface area contributed by atoms with E-state index in [0.29, 0.717) is 17.2 Å². The third kappa shape index (κ3) is 4.62. The molecule has 1 N–H and O–H groups in total. The summed E-state index contributed by atoms with van der Waals surface area (Å²) in [6.07, 6.45) is 7.12. The summed E-state index contributed by atoms with van der Waals surface area (Å²) in [5.41, 5.74) is 1.89. The van der Waals surface area contributed by atoms with E-state index in [1.54, 1.807) is 7.11 Å². The summed E-state index contributed by atoms with van der Waals surface area (Å²) >= 11 is 0.